The van der Waals surface area contributed by atoms with E-state index in [9.17, 15) is 0 Å². The molecule has 0 aliphatic heterocycles. The molecule has 19 heavy (non-hydrogen) atoms. The van der Waals surface area contributed by atoms with Crippen LogP contribution in [0.1, 0.15) is 38.4 Å². The topological polar surface area (TPSA) is 56.2 Å². The largest absolute Gasteiger partial charge is 0.330 e. The van der Waals surface area contributed by atoms with Crippen LogP contribution in [0, 0.1) is 5.92 Å². The lowest BCUT2D eigenvalue weighted by Crippen LogP contribution is -2.10. The maximum atomic E-state index is 5.68. The van der Waals surface area contributed by atoms with E-state index in [1.807, 2.05) is 18.3 Å². The summed E-state index contributed by atoms with van der Waals surface area (Å²) in [6, 6.07) is 3.96. The average Bonchev–Trinajstić information content (AvgIpc) is 2.79. The number of aryl methyl sites for hydroxylation is 1. The zero-order chi connectivity index (χ0) is 13.7. The number of hydrogen-bond acceptors (Lipinski definition) is 3. The highest BCUT2D eigenvalue weighted by atomic mass is 79.9. The molecule has 2 aromatic rings. The van der Waals surface area contributed by atoms with Gasteiger partial charge in [0.1, 0.15) is 5.82 Å². The number of aromatic nitrogens is 3. The van der Waals surface area contributed by atoms with Crippen LogP contribution < -0.4 is 5.73 Å². The molecule has 4 nitrogen and oxygen atoms in total. The van der Waals surface area contributed by atoms with Gasteiger partial charge in [0.05, 0.1) is 0 Å². The zero-order valence-corrected chi connectivity index (χ0v) is 12.9. The second-order valence-corrected chi connectivity index (χ2v) is 5.88. The number of halogens is 1. The molecule has 0 radical (unpaired) electrons. The highest BCUT2D eigenvalue weighted by Gasteiger charge is 2.11. The van der Waals surface area contributed by atoms with Crippen LogP contribution in [0.5, 0.6) is 0 Å². The van der Waals surface area contributed by atoms with E-state index in [0.29, 0.717) is 5.92 Å². The molecule has 2 heterocycles. The fraction of sp³-hybridized carbons (Fsp3) is 0.571. The van der Waals surface area contributed by atoms with Crippen LogP contribution >= 0.6 is 15.9 Å². The lowest BCUT2D eigenvalue weighted by Gasteiger charge is -2.14. The molecule has 2 rings (SSSR count). The molecule has 0 aliphatic carbocycles. The van der Waals surface area contributed by atoms with Crippen LogP contribution in [0.3, 0.4) is 0 Å². The summed E-state index contributed by atoms with van der Waals surface area (Å²) in [6.45, 7) is 3.00. The normalized spacial score (nSPS) is 13.0. The van der Waals surface area contributed by atoms with E-state index in [1.54, 1.807) is 0 Å². The molecule has 0 bridgehead atoms. The van der Waals surface area contributed by atoms with Crippen molar-refractivity contribution in [3.05, 3.63) is 28.6 Å². The molecule has 1 atom stereocenters. The Hall–Kier alpha value is -0.940. The Morgan fingerprint density at radius 1 is 1.26 bits per heavy atom. The van der Waals surface area contributed by atoms with Gasteiger partial charge in [-0.15, -0.1) is 10.2 Å². The van der Waals surface area contributed by atoms with Gasteiger partial charge in [-0.3, -0.25) is 4.40 Å². The SMILES string of the molecule is CCCC(CCN)CCc1nnc2ccc(Br)cn12. The van der Waals surface area contributed by atoms with Crippen molar-refractivity contribution in [2.45, 2.75) is 39.0 Å². The monoisotopic (exact) mass is 324 g/mol. The summed E-state index contributed by atoms with van der Waals surface area (Å²) in [7, 11) is 0. The summed E-state index contributed by atoms with van der Waals surface area (Å²) in [5.74, 6) is 1.74. The van der Waals surface area contributed by atoms with Crippen LogP contribution in [-0.2, 0) is 6.42 Å². The number of nitrogens with zero attached hydrogens (tertiary/aromatic N) is 3. The first kappa shape index (κ1) is 14.5. The van der Waals surface area contributed by atoms with Crippen LogP contribution in [0.2, 0.25) is 0 Å². The van der Waals surface area contributed by atoms with E-state index >= 15 is 0 Å². The van der Waals surface area contributed by atoms with Gasteiger partial charge in [-0.1, -0.05) is 19.8 Å². The molecule has 0 aromatic carbocycles. The van der Waals surface area contributed by atoms with E-state index in [0.717, 1.165) is 41.8 Å². The van der Waals surface area contributed by atoms with Crippen molar-refractivity contribution in [2.24, 2.45) is 11.7 Å². The van der Waals surface area contributed by atoms with Crippen molar-refractivity contribution in [3.63, 3.8) is 0 Å². The summed E-state index contributed by atoms with van der Waals surface area (Å²) in [4.78, 5) is 0. The first-order valence-corrected chi connectivity index (χ1v) is 7.73. The lowest BCUT2D eigenvalue weighted by atomic mass is 9.94. The van der Waals surface area contributed by atoms with Crippen LogP contribution in [0.4, 0.5) is 0 Å². The van der Waals surface area contributed by atoms with Gasteiger partial charge in [-0.25, -0.2) is 0 Å². The fourth-order valence-corrected chi connectivity index (χ4v) is 2.83. The van der Waals surface area contributed by atoms with Crippen molar-refractivity contribution in [1.82, 2.24) is 14.6 Å². The first-order valence-electron chi connectivity index (χ1n) is 6.93. The summed E-state index contributed by atoms with van der Waals surface area (Å²) < 4.78 is 3.11. The molecular formula is C14H21BrN4. The van der Waals surface area contributed by atoms with Crippen molar-refractivity contribution >= 4 is 21.6 Å². The molecule has 5 heteroatoms. The number of hydrogen-bond donors (Lipinski definition) is 1. The minimum Gasteiger partial charge on any atom is -0.330 e. The third kappa shape index (κ3) is 3.76. The minimum atomic E-state index is 0.703. The van der Waals surface area contributed by atoms with E-state index in [1.165, 1.54) is 12.8 Å². The third-order valence-corrected chi connectivity index (χ3v) is 3.95. The van der Waals surface area contributed by atoms with Gasteiger partial charge in [0.2, 0.25) is 0 Å². The number of rotatable bonds is 7. The molecule has 0 spiro atoms. The zero-order valence-electron chi connectivity index (χ0n) is 11.3. The second kappa shape index (κ2) is 7.01. The molecule has 104 valence electrons. The van der Waals surface area contributed by atoms with Gasteiger partial charge in [0.25, 0.3) is 0 Å². The summed E-state index contributed by atoms with van der Waals surface area (Å²) in [5, 5.41) is 8.49. The number of pyridine rings is 1. The molecular weight excluding hydrogens is 304 g/mol. The lowest BCUT2D eigenvalue weighted by molar-refractivity contribution is 0.417. The van der Waals surface area contributed by atoms with Gasteiger partial charge in [0.15, 0.2) is 5.65 Å². The number of fused-ring (bicyclic) bond motifs is 1. The minimum absolute atomic E-state index is 0.703. The Kier molecular flexibility index (Phi) is 5.34. The molecule has 0 saturated heterocycles. The van der Waals surface area contributed by atoms with E-state index < -0.39 is 0 Å². The maximum absolute atomic E-state index is 5.68. The van der Waals surface area contributed by atoms with Crippen molar-refractivity contribution < 1.29 is 0 Å². The fourth-order valence-electron chi connectivity index (χ4n) is 2.49. The Labute approximate surface area is 122 Å². The number of nitrogens with two attached hydrogens (primary N) is 1. The molecule has 2 aromatic heterocycles. The molecule has 0 aliphatic rings. The predicted octanol–water partition coefficient (Wildman–Crippen LogP) is 3.19. The van der Waals surface area contributed by atoms with Crippen LogP contribution in [-0.4, -0.2) is 21.1 Å². The quantitative estimate of drug-likeness (QED) is 0.850. The summed E-state index contributed by atoms with van der Waals surface area (Å²) in [5.41, 5.74) is 6.59. The van der Waals surface area contributed by atoms with Gasteiger partial charge >= 0.3 is 0 Å². The highest BCUT2D eigenvalue weighted by molar-refractivity contribution is 9.10. The predicted molar refractivity (Wildman–Crippen MR) is 81.1 cm³/mol. The Bertz CT molecular complexity index is 517. The van der Waals surface area contributed by atoms with E-state index in [4.69, 9.17) is 5.73 Å². The standard InChI is InChI=1S/C14H21BrN4/c1-2-3-11(8-9-16)4-6-13-17-18-14-7-5-12(15)10-19(13)14/h5,7,10-11H,2-4,6,8-9,16H2,1H3. The van der Waals surface area contributed by atoms with Gasteiger partial charge in [0, 0.05) is 17.1 Å². The molecule has 2 N–H and O–H groups in total. The molecule has 0 saturated carbocycles. The van der Waals surface area contributed by atoms with E-state index in [2.05, 4.69) is 37.5 Å². The van der Waals surface area contributed by atoms with Crippen molar-refractivity contribution in [1.29, 1.82) is 0 Å². The second-order valence-electron chi connectivity index (χ2n) is 4.96. The first-order chi connectivity index (χ1) is 9.24. The van der Waals surface area contributed by atoms with Crippen LogP contribution in [0.15, 0.2) is 22.8 Å². The van der Waals surface area contributed by atoms with Gasteiger partial charge in [-0.05, 0) is 53.4 Å². The summed E-state index contributed by atoms with van der Waals surface area (Å²) >= 11 is 3.49. The van der Waals surface area contributed by atoms with Crippen molar-refractivity contribution in [2.75, 3.05) is 6.54 Å². The Morgan fingerprint density at radius 3 is 2.84 bits per heavy atom. The summed E-state index contributed by atoms with van der Waals surface area (Å²) in [6.07, 6.45) is 7.70. The van der Waals surface area contributed by atoms with Crippen LogP contribution in [0.25, 0.3) is 5.65 Å². The molecule has 0 amide bonds. The van der Waals surface area contributed by atoms with E-state index in [-0.39, 0.29) is 0 Å². The maximum Gasteiger partial charge on any atom is 0.160 e. The molecule has 1 unspecified atom stereocenters. The third-order valence-electron chi connectivity index (χ3n) is 3.48. The van der Waals surface area contributed by atoms with Gasteiger partial charge < -0.3 is 5.73 Å². The Balaban J connectivity index is 2.06. The van der Waals surface area contributed by atoms with Gasteiger partial charge in [-0.2, -0.15) is 0 Å². The molecule has 0 fully saturated rings. The Morgan fingerprint density at radius 2 is 2.11 bits per heavy atom. The highest BCUT2D eigenvalue weighted by Crippen LogP contribution is 2.19. The van der Waals surface area contributed by atoms with Crippen molar-refractivity contribution in [3.8, 4) is 0 Å². The smallest absolute Gasteiger partial charge is 0.160 e. The average molecular weight is 325 g/mol.